The fourth-order valence-electron chi connectivity index (χ4n) is 3.32. The number of ether oxygens (including phenoxy) is 6. The predicted molar refractivity (Wildman–Crippen MR) is 110 cm³/mol. The van der Waals surface area contributed by atoms with Gasteiger partial charge in [-0.15, -0.1) is 0 Å². The minimum atomic E-state index is -1.25. The number of nitrogens with zero attached hydrogens (tertiary/aromatic N) is 1. The molecule has 5 atom stereocenters. The second-order valence-electron chi connectivity index (χ2n) is 7.17. The number of hydrogen-bond donors (Lipinski definition) is 1. The molecule has 0 bridgehead atoms. The summed E-state index contributed by atoms with van der Waals surface area (Å²) >= 11 is 5.45. The second-order valence-corrected chi connectivity index (χ2v) is 7.56. The molecule has 0 aliphatic carbocycles. The molecule has 0 radical (unpaired) electrons. The maximum Gasteiger partial charge on any atom is 0.303 e. The number of hydrogen-bond acceptors (Lipinski definition) is 11. The summed E-state index contributed by atoms with van der Waals surface area (Å²) in [5.41, 5.74) is 0. The van der Waals surface area contributed by atoms with Gasteiger partial charge in [-0.3, -0.25) is 19.2 Å². The molecule has 0 aromatic rings. The van der Waals surface area contributed by atoms with Crippen molar-refractivity contribution in [3.05, 3.63) is 0 Å². The molecule has 0 aromatic heterocycles. The number of thiocarbonyl (C=S) groups is 1. The molecule has 2 fully saturated rings. The van der Waals surface area contributed by atoms with Crippen LogP contribution in [0, 0.1) is 0 Å². The normalized spacial score (nSPS) is 27.6. The van der Waals surface area contributed by atoms with Gasteiger partial charge in [0.2, 0.25) is 0 Å². The lowest BCUT2D eigenvalue weighted by Gasteiger charge is -2.45. The van der Waals surface area contributed by atoms with Crippen molar-refractivity contribution in [2.24, 2.45) is 0 Å². The van der Waals surface area contributed by atoms with Crippen LogP contribution in [0.2, 0.25) is 0 Å². The Kier molecular flexibility index (Phi) is 9.60. The molecule has 2 saturated heterocycles. The highest BCUT2D eigenvalue weighted by Gasteiger charge is 2.52. The smallest absolute Gasteiger partial charge is 0.303 e. The monoisotopic (exact) mass is 476 g/mol. The molecular weight excluding hydrogens is 448 g/mol. The molecule has 2 heterocycles. The first kappa shape index (κ1) is 25.7. The van der Waals surface area contributed by atoms with Gasteiger partial charge in [-0.1, -0.05) is 0 Å². The third-order valence-corrected chi connectivity index (χ3v) is 4.93. The van der Waals surface area contributed by atoms with Crippen LogP contribution in [-0.2, 0) is 47.6 Å². The van der Waals surface area contributed by atoms with Crippen LogP contribution in [-0.4, -0.2) is 97.4 Å². The average Bonchev–Trinajstić information content (AvgIpc) is 2.70. The van der Waals surface area contributed by atoms with E-state index in [4.69, 9.17) is 40.6 Å². The third-order valence-electron chi connectivity index (χ3n) is 4.55. The van der Waals surface area contributed by atoms with E-state index >= 15 is 0 Å². The SMILES string of the molecule is CC(=O)OC[C@H]1O[C@@H](NC(=S)N2CCOCC2)[C@@H](OC(C)=O)[C@@H](OC(C)=O)[C@H]1OC(C)=O. The highest BCUT2D eigenvalue weighted by atomic mass is 32.1. The number of carbonyl (C=O) groups is 4. The van der Waals surface area contributed by atoms with E-state index in [9.17, 15) is 19.2 Å². The summed E-state index contributed by atoms with van der Waals surface area (Å²) < 4.78 is 32.4. The Labute approximate surface area is 190 Å². The molecule has 180 valence electrons. The summed E-state index contributed by atoms with van der Waals surface area (Å²) in [6.07, 6.45) is -5.81. The van der Waals surface area contributed by atoms with Gasteiger partial charge in [0.25, 0.3) is 0 Å². The van der Waals surface area contributed by atoms with Crippen LogP contribution in [0.5, 0.6) is 0 Å². The molecular formula is C19H28N2O10S. The zero-order valence-corrected chi connectivity index (χ0v) is 19.2. The molecule has 0 saturated carbocycles. The van der Waals surface area contributed by atoms with E-state index in [1.807, 2.05) is 4.90 Å². The molecule has 2 rings (SSSR count). The van der Waals surface area contributed by atoms with Gasteiger partial charge in [-0.25, -0.2) is 0 Å². The maximum atomic E-state index is 11.8. The maximum absolute atomic E-state index is 11.8. The Hall–Kier alpha value is -2.51. The molecule has 2 aliphatic heterocycles. The molecule has 0 spiro atoms. The molecule has 13 heteroatoms. The van der Waals surface area contributed by atoms with Crippen molar-refractivity contribution in [2.45, 2.75) is 58.3 Å². The third kappa shape index (κ3) is 7.57. The molecule has 0 aromatic carbocycles. The van der Waals surface area contributed by atoms with Crippen molar-refractivity contribution >= 4 is 41.2 Å². The Bertz CT molecular complexity index is 727. The van der Waals surface area contributed by atoms with Gasteiger partial charge >= 0.3 is 23.9 Å². The van der Waals surface area contributed by atoms with E-state index in [1.165, 1.54) is 13.8 Å². The van der Waals surface area contributed by atoms with Crippen molar-refractivity contribution in [1.82, 2.24) is 10.2 Å². The first-order valence-corrected chi connectivity index (χ1v) is 10.4. The minimum absolute atomic E-state index is 0.300. The van der Waals surface area contributed by atoms with Gasteiger partial charge in [0.05, 0.1) is 13.2 Å². The number of nitrogens with one attached hydrogen (secondary N) is 1. The van der Waals surface area contributed by atoms with E-state index in [2.05, 4.69) is 5.32 Å². The van der Waals surface area contributed by atoms with E-state index in [1.54, 1.807) is 0 Å². The quantitative estimate of drug-likeness (QED) is 0.293. The number of carbonyl (C=O) groups excluding carboxylic acids is 4. The summed E-state index contributed by atoms with van der Waals surface area (Å²) in [6.45, 7) is 6.45. The largest absolute Gasteiger partial charge is 0.463 e. The van der Waals surface area contributed by atoms with Crippen molar-refractivity contribution < 1.29 is 47.6 Å². The Balaban J connectivity index is 2.35. The van der Waals surface area contributed by atoms with Crippen molar-refractivity contribution in [2.75, 3.05) is 32.9 Å². The topological polar surface area (TPSA) is 139 Å². The van der Waals surface area contributed by atoms with Gasteiger partial charge in [0.1, 0.15) is 12.7 Å². The zero-order chi connectivity index (χ0) is 23.8. The van der Waals surface area contributed by atoms with Crippen molar-refractivity contribution in [3.8, 4) is 0 Å². The van der Waals surface area contributed by atoms with Crippen LogP contribution in [0.1, 0.15) is 27.7 Å². The highest BCUT2D eigenvalue weighted by molar-refractivity contribution is 7.80. The Morgan fingerprint density at radius 3 is 1.94 bits per heavy atom. The lowest BCUT2D eigenvalue weighted by atomic mass is 9.97. The van der Waals surface area contributed by atoms with Crippen LogP contribution >= 0.6 is 12.2 Å². The summed E-state index contributed by atoms with van der Waals surface area (Å²) in [4.78, 5) is 48.6. The van der Waals surface area contributed by atoms with Crippen LogP contribution in [0.25, 0.3) is 0 Å². The molecule has 2 aliphatic rings. The Morgan fingerprint density at radius 2 is 1.41 bits per heavy atom. The van der Waals surface area contributed by atoms with Crippen LogP contribution < -0.4 is 5.32 Å². The predicted octanol–water partition coefficient (Wildman–Crippen LogP) is -0.724. The number of morpholine rings is 1. The van der Waals surface area contributed by atoms with Gasteiger partial charge in [0, 0.05) is 40.8 Å². The average molecular weight is 477 g/mol. The summed E-state index contributed by atoms with van der Waals surface area (Å²) in [7, 11) is 0. The molecule has 1 N–H and O–H groups in total. The fourth-order valence-corrected chi connectivity index (χ4v) is 3.62. The molecule has 12 nitrogen and oxygen atoms in total. The van der Waals surface area contributed by atoms with E-state index in [-0.39, 0.29) is 6.61 Å². The highest BCUT2D eigenvalue weighted by Crippen LogP contribution is 2.28. The van der Waals surface area contributed by atoms with Gasteiger partial charge in [-0.05, 0) is 12.2 Å². The summed E-state index contributed by atoms with van der Waals surface area (Å²) in [6, 6.07) is 0. The zero-order valence-electron chi connectivity index (χ0n) is 18.4. The van der Waals surface area contributed by atoms with Crippen LogP contribution in [0.3, 0.4) is 0 Å². The van der Waals surface area contributed by atoms with E-state index in [0.29, 0.717) is 31.4 Å². The molecule has 0 amide bonds. The lowest BCUT2D eigenvalue weighted by molar-refractivity contribution is -0.255. The first-order chi connectivity index (χ1) is 15.1. The van der Waals surface area contributed by atoms with E-state index < -0.39 is 54.5 Å². The fraction of sp³-hybridized carbons (Fsp3) is 0.737. The van der Waals surface area contributed by atoms with Gasteiger partial charge in [-0.2, -0.15) is 0 Å². The van der Waals surface area contributed by atoms with Gasteiger partial charge < -0.3 is 38.6 Å². The lowest BCUT2D eigenvalue weighted by Crippen LogP contribution is -2.67. The first-order valence-electron chi connectivity index (χ1n) is 10.0. The Morgan fingerprint density at radius 1 is 0.875 bits per heavy atom. The van der Waals surface area contributed by atoms with Crippen molar-refractivity contribution in [1.29, 1.82) is 0 Å². The molecule has 32 heavy (non-hydrogen) atoms. The van der Waals surface area contributed by atoms with E-state index in [0.717, 1.165) is 13.8 Å². The van der Waals surface area contributed by atoms with Crippen molar-refractivity contribution in [3.63, 3.8) is 0 Å². The second kappa shape index (κ2) is 11.9. The van der Waals surface area contributed by atoms with Gasteiger partial charge in [0.15, 0.2) is 29.7 Å². The standard InChI is InChI=1S/C19H28N2O10S/c1-10(22)27-9-14-15(28-11(2)23)16(29-12(3)24)17(30-13(4)25)18(31-14)20-19(32)21-5-7-26-8-6-21/h14-18H,5-9H2,1-4H3,(H,20,32)/t14-,15+,16+,17+,18-/m1/s1. The van der Waals surface area contributed by atoms with Crippen LogP contribution in [0.15, 0.2) is 0 Å². The van der Waals surface area contributed by atoms with Crippen LogP contribution in [0.4, 0.5) is 0 Å². The summed E-state index contributed by atoms with van der Waals surface area (Å²) in [5.74, 6) is -2.66. The molecule has 0 unspecified atom stereocenters. The summed E-state index contributed by atoms with van der Waals surface area (Å²) in [5, 5.41) is 3.27. The number of rotatable bonds is 6. The minimum Gasteiger partial charge on any atom is -0.463 e. The number of esters is 4.